The van der Waals surface area contributed by atoms with Crippen LogP contribution in [0.15, 0.2) is 17.5 Å². The van der Waals surface area contributed by atoms with Gasteiger partial charge in [0.2, 0.25) is 5.82 Å². The minimum atomic E-state index is -2.22. The first-order valence-corrected chi connectivity index (χ1v) is 7.86. The Labute approximate surface area is 145 Å². The minimum Gasteiger partial charge on any atom is -0.356 e. The van der Waals surface area contributed by atoms with Gasteiger partial charge < -0.3 is 4.90 Å². The second-order valence-electron chi connectivity index (χ2n) is 5.66. The van der Waals surface area contributed by atoms with Crippen molar-refractivity contribution in [3.05, 3.63) is 47.0 Å². The number of aromatic nitrogens is 2. The molecular weight excluding hydrogens is 357 g/mol. The number of hydrazone groups is 1. The predicted octanol–water partition coefficient (Wildman–Crippen LogP) is 3.61. The zero-order valence-corrected chi connectivity index (χ0v) is 13.4. The highest BCUT2D eigenvalue weighted by molar-refractivity contribution is 5.81. The van der Waals surface area contributed by atoms with Crippen molar-refractivity contribution in [2.24, 2.45) is 5.10 Å². The number of hydrogen-bond donors (Lipinski definition) is 1. The molecule has 1 saturated heterocycles. The van der Waals surface area contributed by atoms with Gasteiger partial charge in [0.1, 0.15) is 12.1 Å². The van der Waals surface area contributed by atoms with Gasteiger partial charge >= 0.3 is 0 Å². The third-order valence-electron chi connectivity index (χ3n) is 3.95. The van der Waals surface area contributed by atoms with Crippen LogP contribution in [0.5, 0.6) is 0 Å². The van der Waals surface area contributed by atoms with Crippen LogP contribution in [0.1, 0.15) is 24.8 Å². The Balaban J connectivity index is 1.77. The molecule has 1 N–H and O–H groups in total. The maximum absolute atomic E-state index is 13.6. The lowest BCUT2D eigenvalue weighted by molar-refractivity contribution is 0.377. The van der Waals surface area contributed by atoms with E-state index in [2.05, 4.69) is 25.4 Å². The van der Waals surface area contributed by atoms with Crippen LogP contribution in [-0.2, 0) is 0 Å². The van der Waals surface area contributed by atoms with Crippen LogP contribution in [0.25, 0.3) is 0 Å². The average molecular weight is 371 g/mol. The van der Waals surface area contributed by atoms with Gasteiger partial charge in [-0.1, -0.05) is 0 Å². The summed E-state index contributed by atoms with van der Waals surface area (Å²) in [5.41, 5.74) is 1.26. The SMILES string of the molecule is Fc1c(F)c(F)c(/C=N\Nc2cc(N3CCCCC3)ncn2)c(F)c1F. The third kappa shape index (κ3) is 3.58. The molecule has 0 bridgehead atoms. The average Bonchev–Trinajstić information content (AvgIpc) is 2.68. The number of benzene rings is 1. The van der Waals surface area contributed by atoms with E-state index in [0.29, 0.717) is 12.0 Å². The fourth-order valence-electron chi connectivity index (χ4n) is 2.60. The van der Waals surface area contributed by atoms with Gasteiger partial charge in [0.15, 0.2) is 29.1 Å². The molecule has 10 heteroatoms. The van der Waals surface area contributed by atoms with Crippen LogP contribution in [0.4, 0.5) is 33.6 Å². The molecule has 0 radical (unpaired) electrons. The van der Waals surface area contributed by atoms with Crippen molar-refractivity contribution in [3.63, 3.8) is 0 Å². The van der Waals surface area contributed by atoms with E-state index in [4.69, 9.17) is 0 Å². The highest BCUT2D eigenvalue weighted by Gasteiger charge is 2.24. The molecule has 1 aromatic heterocycles. The van der Waals surface area contributed by atoms with E-state index in [1.54, 1.807) is 6.07 Å². The molecule has 5 nitrogen and oxygen atoms in total. The summed E-state index contributed by atoms with van der Waals surface area (Å²) in [4.78, 5) is 10.1. The monoisotopic (exact) mass is 371 g/mol. The van der Waals surface area contributed by atoms with Gasteiger partial charge in [0.25, 0.3) is 0 Å². The van der Waals surface area contributed by atoms with E-state index in [-0.39, 0.29) is 5.82 Å². The van der Waals surface area contributed by atoms with Crippen molar-refractivity contribution in [3.8, 4) is 0 Å². The molecule has 2 heterocycles. The molecule has 0 atom stereocenters. The van der Waals surface area contributed by atoms with Crippen LogP contribution in [-0.4, -0.2) is 29.3 Å². The molecular formula is C16H14F5N5. The summed E-state index contributed by atoms with van der Waals surface area (Å²) in [5, 5.41) is 3.51. The van der Waals surface area contributed by atoms with Gasteiger partial charge in [-0.05, 0) is 19.3 Å². The molecule has 0 saturated carbocycles. The fraction of sp³-hybridized carbons (Fsp3) is 0.312. The lowest BCUT2D eigenvalue weighted by Crippen LogP contribution is -2.30. The number of rotatable bonds is 4. The highest BCUT2D eigenvalue weighted by Crippen LogP contribution is 2.22. The van der Waals surface area contributed by atoms with Crippen molar-refractivity contribution >= 4 is 17.9 Å². The number of anilines is 2. The smallest absolute Gasteiger partial charge is 0.200 e. The van der Waals surface area contributed by atoms with E-state index >= 15 is 0 Å². The van der Waals surface area contributed by atoms with E-state index in [0.717, 1.165) is 32.4 Å². The molecule has 0 spiro atoms. The summed E-state index contributed by atoms with van der Waals surface area (Å²) >= 11 is 0. The second-order valence-corrected chi connectivity index (χ2v) is 5.66. The van der Waals surface area contributed by atoms with Crippen LogP contribution in [0.3, 0.4) is 0 Å². The quantitative estimate of drug-likeness (QED) is 0.293. The second kappa shape index (κ2) is 7.63. The van der Waals surface area contributed by atoms with Gasteiger partial charge in [0, 0.05) is 19.2 Å². The Hall–Kier alpha value is -2.78. The lowest BCUT2D eigenvalue weighted by Gasteiger charge is -2.27. The number of hydrogen-bond acceptors (Lipinski definition) is 5. The summed E-state index contributed by atoms with van der Waals surface area (Å²) in [7, 11) is 0. The van der Waals surface area contributed by atoms with E-state index in [9.17, 15) is 22.0 Å². The number of halogens is 5. The van der Waals surface area contributed by atoms with Crippen molar-refractivity contribution in [1.82, 2.24) is 9.97 Å². The third-order valence-corrected chi connectivity index (χ3v) is 3.95. The molecule has 0 aliphatic carbocycles. The number of piperidine rings is 1. The number of nitrogens with zero attached hydrogens (tertiary/aromatic N) is 4. The van der Waals surface area contributed by atoms with Crippen LogP contribution < -0.4 is 10.3 Å². The lowest BCUT2D eigenvalue weighted by atomic mass is 10.1. The Bertz CT molecular complexity index is 807. The molecule has 1 aliphatic heterocycles. The van der Waals surface area contributed by atoms with Crippen molar-refractivity contribution in [2.75, 3.05) is 23.4 Å². The zero-order valence-electron chi connectivity index (χ0n) is 13.4. The normalized spacial score (nSPS) is 14.9. The molecule has 26 heavy (non-hydrogen) atoms. The summed E-state index contributed by atoms with van der Waals surface area (Å²) < 4.78 is 66.4. The minimum absolute atomic E-state index is 0.223. The first-order chi connectivity index (χ1) is 12.5. The molecule has 1 aliphatic rings. The van der Waals surface area contributed by atoms with Gasteiger partial charge in [-0.15, -0.1) is 0 Å². The Morgan fingerprint density at radius 3 is 2.15 bits per heavy atom. The standard InChI is InChI=1S/C16H14F5N5/c17-12-9(13(18)15(20)16(21)14(12)19)7-24-25-10-6-11(23-8-22-10)26-4-2-1-3-5-26/h6-8H,1-5H2,(H,22,23,25)/b24-7-. The molecule has 138 valence electrons. The molecule has 0 amide bonds. The molecule has 0 unspecified atom stereocenters. The number of nitrogens with one attached hydrogen (secondary N) is 1. The summed E-state index contributed by atoms with van der Waals surface area (Å²) in [6.07, 6.45) is 5.05. The van der Waals surface area contributed by atoms with Crippen molar-refractivity contribution in [2.45, 2.75) is 19.3 Å². The largest absolute Gasteiger partial charge is 0.356 e. The van der Waals surface area contributed by atoms with Crippen LogP contribution in [0, 0.1) is 29.1 Å². The fourth-order valence-corrected chi connectivity index (χ4v) is 2.60. The van der Waals surface area contributed by atoms with E-state index in [1.807, 2.05) is 0 Å². The van der Waals surface area contributed by atoms with E-state index < -0.39 is 34.6 Å². The Morgan fingerprint density at radius 1 is 0.885 bits per heavy atom. The van der Waals surface area contributed by atoms with Crippen LogP contribution >= 0.6 is 0 Å². The van der Waals surface area contributed by atoms with Crippen LogP contribution in [0.2, 0.25) is 0 Å². The van der Waals surface area contributed by atoms with Gasteiger partial charge in [-0.2, -0.15) is 5.10 Å². The summed E-state index contributed by atoms with van der Waals surface area (Å²) in [6, 6.07) is 1.58. The predicted molar refractivity (Wildman–Crippen MR) is 85.5 cm³/mol. The first kappa shape index (κ1) is 18.0. The van der Waals surface area contributed by atoms with Gasteiger partial charge in [0.05, 0.1) is 11.8 Å². The maximum Gasteiger partial charge on any atom is 0.200 e. The molecule has 3 rings (SSSR count). The van der Waals surface area contributed by atoms with Gasteiger partial charge in [-0.3, -0.25) is 5.43 Å². The van der Waals surface area contributed by atoms with Crippen molar-refractivity contribution in [1.29, 1.82) is 0 Å². The Morgan fingerprint density at radius 2 is 1.50 bits per heavy atom. The zero-order chi connectivity index (χ0) is 18.7. The molecule has 1 fully saturated rings. The topological polar surface area (TPSA) is 53.4 Å². The summed E-state index contributed by atoms with van der Waals surface area (Å²) in [6.45, 7) is 1.70. The maximum atomic E-state index is 13.6. The molecule has 2 aromatic rings. The first-order valence-electron chi connectivity index (χ1n) is 7.86. The Kier molecular flexibility index (Phi) is 5.29. The summed E-state index contributed by atoms with van der Waals surface area (Å²) in [5.74, 6) is -9.30. The molecule has 1 aromatic carbocycles. The highest BCUT2D eigenvalue weighted by atomic mass is 19.2. The van der Waals surface area contributed by atoms with Gasteiger partial charge in [-0.25, -0.2) is 31.9 Å². The van der Waals surface area contributed by atoms with E-state index in [1.165, 1.54) is 6.33 Å². The van der Waals surface area contributed by atoms with Crippen molar-refractivity contribution < 1.29 is 22.0 Å².